The smallest absolute Gasteiger partial charge is 0.319 e. The number of benzene rings is 2. The summed E-state index contributed by atoms with van der Waals surface area (Å²) >= 11 is 9.54. The van der Waals surface area contributed by atoms with Crippen molar-refractivity contribution in [1.82, 2.24) is 25.1 Å². The molecule has 11 nitrogen and oxygen atoms in total. The van der Waals surface area contributed by atoms with E-state index in [1.165, 1.54) is 17.4 Å². The van der Waals surface area contributed by atoms with Crippen molar-refractivity contribution in [1.29, 1.82) is 5.26 Å². The van der Waals surface area contributed by atoms with E-state index in [0.29, 0.717) is 56.3 Å². The van der Waals surface area contributed by atoms with Gasteiger partial charge in [-0.2, -0.15) is 15.2 Å². The summed E-state index contributed by atoms with van der Waals surface area (Å²) in [6.07, 6.45) is 1.28. The molecule has 0 aliphatic carbocycles. The van der Waals surface area contributed by atoms with Gasteiger partial charge in [0.2, 0.25) is 5.13 Å². The zero-order chi connectivity index (χ0) is 31.7. The Morgan fingerprint density at radius 3 is 2.85 bits per heavy atom. The highest BCUT2D eigenvalue weighted by atomic mass is 35.5. The van der Waals surface area contributed by atoms with E-state index in [2.05, 4.69) is 26.5 Å². The predicted molar refractivity (Wildman–Crippen MR) is 173 cm³/mol. The molecule has 0 saturated carbocycles. The quantitative estimate of drug-likeness (QED) is 0.191. The number of alkyl halides is 1. The summed E-state index contributed by atoms with van der Waals surface area (Å²) in [6.45, 7) is 2.19. The number of anilines is 3. The summed E-state index contributed by atoms with van der Waals surface area (Å²) < 4.78 is 42.0. The number of fused-ring (bicyclic) bond motifs is 5. The fourth-order valence-electron chi connectivity index (χ4n) is 7.14. The molecule has 5 aromatic rings. The van der Waals surface area contributed by atoms with Crippen LogP contribution in [0.3, 0.4) is 0 Å². The van der Waals surface area contributed by atoms with Crippen molar-refractivity contribution in [2.45, 2.75) is 50.7 Å². The molecule has 0 radical (unpaired) electrons. The molecule has 5 N–H and O–H groups in total. The van der Waals surface area contributed by atoms with Gasteiger partial charge in [-0.15, -0.1) is 21.5 Å². The number of nitrogens with two attached hydrogens (primary N) is 2. The molecule has 236 valence electrons. The maximum atomic E-state index is 15.0. The Labute approximate surface area is 274 Å². The van der Waals surface area contributed by atoms with Crippen LogP contribution in [0.4, 0.5) is 24.7 Å². The van der Waals surface area contributed by atoms with Gasteiger partial charge in [-0.05, 0) is 42.1 Å². The molecule has 0 unspecified atom stereocenters. The average molecular weight is 682 g/mol. The van der Waals surface area contributed by atoms with E-state index in [-0.39, 0.29) is 52.7 Å². The molecule has 3 aliphatic heterocycles. The van der Waals surface area contributed by atoms with Gasteiger partial charge in [0.1, 0.15) is 40.5 Å². The third-order valence-corrected chi connectivity index (χ3v) is 11.2. The second-order valence-corrected chi connectivity index (χ2v) is 14.2. The summed E-state index contributed by atoms with van der Waals surface area (Å²) in [6, 6.07) is 5.16. The maximum absolute atomic E-state index is 15.0. The Morgan fingerprint density at radius 1 is 1.20 bits per heavy atom. The van der Waals surface area contributed by atoms with E-state index in [4.69, 9.17) is 42.5 Å². The normalized spacial score (nSPS) is 20.8. The molecule has 2 fully saturated rings. The maximum Gasteiger partial charge on any atom is 0.319 e. The van der Waals surface area contributed by atoms with E-state index in [9.17, 15) is 14.0 Å². The first-order valence-corrected chi connectivity index (χ1v) is 16.6. The highest BCUT2D eigenvalue weighted by molar-refractivity contribution is 7.23. The number of hydrogen-bond donors (Lipinski definition) is 3. The van der Waals surface area contributed by atoms with Crippen LogP contribution in [0.5, 0.6) is 6.01 Å². The number of nitriles is 1. The Bertz CT molecular complexity index is 2100. The van der Waals surface area contributed by atoms with E-state index < -0.39 is 17.5 Å². The third kappa shape index (κ3) is 4.62. The van der Waals surface area contributed by atoms with Gasteiger partial charge < -0.3 is 26.3 Å². The van der Waals surface area contributed by atoms with Crippen LogP contribution in [0.2, 0.25) is 5.02 Å². The van der Waals surface area contributed by atoms with Gasteiger partial charge >= 0.3 is 6.01 Å². The van der Waals surface area contributed by atoms with Gasteiger partial charge in [0, 0.05) is 23.9 Å². The van der Waals surface area contributed by atoms with Crippen molar-refractivity contribution < 1.29 is 18.3 Å². The summed E-state index contributed by atoms with van der Waals surface area (Å²) in [5, 5.41) is 23.8. The number of ether oxygens (including phenoxy) is 2. The van der Waals surface area contributed by atoms with Crippen molar-refractivity contribution in [2.24, 2.45) is 0 Å². The number of halogens is 3. The standard InChI is InChI=1S/C30H26ClF2N9O2S2/c31-23-20(14-2-3-18(33)25-21(14)15(7-34)26(35)46-25)16-10-43-11-17(16)22-24(23)38-29(39-27(22)37-8-19-40-41-28(36)45-19)44-12-30-4-1-5-42(30)9-13(32)6-30/h2-3,13H,1,4-6,8-12,35H2,(H2,36,41)(H,37,38,39)/t13-,30+/m1/s1. The molecule has 2 atom stereocenters. The molecule has 0 amide bonds. The van der Waals surface area contributed by atoms with Crippen LogP contribution in [0.15, 0.2) is 12.1 Å². The van der Waals surface area contributed by atoms with Crippen molar-refractivity contribution in [2.75, 3.05) is 36.5 Å². The highest BCUT2D eigenvalue weighted by Gasteiger charge is 2.49. The number of rotatable bonds is 7. The van der Waals surface area contributed by atoms with E-state index in [0.717, 1.165) is 41.9 Å². The second-order valence-electron chi connectivity index (χ2n) is 11.7. The first kappa shape index (κ1) is 29.5. The first-order chi connectivity index (χ1) is 22.3. The lowest BCUT2D eigenvalue weighted by molar-refractivity contribution is 0.107. The van der Waals surface area contributed by atoms with E-state index in [1.54, 1.807) is 6.07 Å². The Kier molecular flexibility index (Phi) is 7.11. The van der Waals surface area contributed by atoms with E-state index in [1.807, 2.05) is 0 Å². The van der Waals surface area contributed by atoms with Gasteiger partial charge in [0.25, 0.3) is 0 Å². The molecule has 6 heterocycles. The minimum absolute atomic E-state index is 0.0729. The molecule has 2 aromatic carbocycles. The lowest BCUT2D eigenvalue weighted by atomic mass is 9.91. The first-order valence-electron chi connectivity index (χ1n) is 14.6. The molecule has 0 bridgehead atoms. The minimum atomic E-state index is -0.908. The zero-order valence-electron chi connectivity index (χ0n) is 24.2. The number of aromatic nitrogens is 4. The highest BCUT2D eigenvalue weighted by Crippen LogP contribution is 2.49. The lowest BCUT2D eigenvalue weighted by Crippen LogP contribution is -2.43. The Balaban J connectivity index is 1.31. The predicted octanol–water partition coefficient (Wildman–Crippen LogP) is 5.79. The number of nitrogens with zero attached hydrogens (tertiary/aromatic N) is 6. The molecule has 46 heavy (non-hydrogen) atoms. The number of hydrogen-bond acceptors (Lipinski definition) is 13. The monoisotopic (exact) mass is 681 g/mol. The van der Waals surface area contributed by atoms with Crippen molar-refractivity contribution in [3.8, 4) is 23.2 Å². The van der Waals surface area contributed by atoms with E-state index >= 15 is 0 Å². The van der Waals surface area contributed by atoms with Crippen molar-refractivity contribution in [3.63, 3.8) is 0 Å². The van der Waals surface area contributed by atoms with Crippen LogP contribution in [0.1, 0.15) is 41.0 Å². The summed E-state index contributed by atoms with van der Waals surface area (Å²) in [5.74, 6) is -0.0346. The molecular weight excluding hydrogens is 656 g/mol. The molecule has 0 spiro atoms. The SMILES string of the molecule is N#Cc1c(N)sc2c(F)ccc(-c3c4c(c5c(NCc6nnc(N)s6)nc(OC[C@@]67CCCN6C[C@H](F)C7)nc5c3Cl)COC4)c12. The fourth-order valence-corrected chi connectivity index (χ4v) is 8.99. The van der Waals surface area contributed by atoms with Crippen LogP contribution in [0, 0.1) is 17.1 Å². The average Bonchev–Trinajstić information content (AvgIpc) is 3.85. The molecular formula is C30H26ClF2N9O2S2. The van der Waals surface area contributed by atoms with Gasteiger partial charge in [-0.3, -0.25) is 4.90 Å². The minimum Gasteiger partial charge on any atom is -0.461 e. The lowest BCUT2D eigenvalue weighted by Gasteiger charge is -2.30. The summed E-state index contributed by atoms with van der Waals surface area (Å²) in [4.78, 5) is 11.7. The molecule has 8 rings (SSSR count). The van der Waals surface area contributed by atoms with Crippen molar-refractivity contribution in [3.05, 3.63) is 44.7 Å². The van der Waals surface area contributed by atoms with Crippen LogP contribution < -0.4 is 21.5 Å². The zero-order valence-corrected chi connectivity index (χ0v) is 26.6. The second kappa shape index (κ2) is 11.1. The summed E-state index contributed by atoms with van der Waals surface area (Å²) in [7, 11) is 0. The van der Waals surface area contributed by atoms with Crippen molar-refractivity contribution >= 4 is 71.2 Å². The number of nitrogen functional groups attached to an aromatic ring is 2. The number of thiophene rings is 1. The largest absolute Gasteiger partial charge is 0.461 e. The Morgan fingerprint density at radius 2 is 2.04 bits per heavy atom. The molecule has 2 saturated heterocycles. The van der Waals surface area contributed by atoms with Gasteiger partial charge in [-0.1, -0.05) is 29.0 Å². The van der Waals surface area contributed by atoms with Crippen LogP contribution in [-0.2, 0) is 24.5 Å². The van der Waals surface area contributed by atoms with Crippen LogP contribution >= 0.6 is 34.3 Å². The van der Waals surface area contributed by atoms with Crippen LogP contribution in [-0.4, -0.2) is 56.5 Å². The number of nitrogens with one attached hydrogen (secondary N) is 1. The summed E-state index contributed by atoms with van der Waals surface area (Å²) in [5.41, 5.74) is 14.8. The molecule has 16 heteroatoms. The third-order valence-electron chi connectivity index (χ3n) is 9.10. The fraction of sp³-hybridized carbons (Fsp3) is 0.367. The van der Waals surface area contributed by atoms with Gasteiger partial charge in [0.15, 0.2) is 0 Å². The molecule has 3 aliphatic rings. The van der Waals surface area contributed by atoms with Gasteiger partial charge in [-0.25, -0.2) is 8.78 Å². The topological polar surface area (TPSA) is 161 Å². The van der Waals surface area contributed by atoms with Gasteiger partial charge in [0.05, 0.1) is 51.5 Å². The Hall–Kier alpha value is -3.94. The molecule has 3 aromatic heterocycles. The van der Waals surface area contributed by atoms with Crippen LogP contribution in [0.25, 0.3) is 32.1 Å².